The molecule has 9 nitrogen and oxygen atoms in total. The van der Waals surface area contributed by atoms with Crippen LogP contribution in [0.2, 0.25) is 0 Å². The lowest BCUT2D eigenvalue weighted by Gasteiger charge is -2.08. The van der Waals surface area contributed by atoms with E-state index in [1.54, 1.807) is 24.5 Å². The molecule has 166 valence electrons. The zero-order valence-electron chi connectivity index (χ0n) is 16.6. The highest BCUT2D eigenvalue weighted by molar-refractivity contribution is 5.81. The number of halogens is 3. The summed E-state index contributed by atoms with van der Waals surface area (Å²) >= 11 is 0. The lowest BCUT2D eigenvalue weighted by molar-refractivity contribution is -0.141. The number of nitrogens with zero attached hydrogens (tertiary/aromatic N) is 4. The molecule has 33 heavy (non-hydrogen) atoms. The first-order chi connectivity index (χ1) is 15.8. The Balaban J connectivity index is 1.42. The van der Waals surface area contributed by atoms with E-state index in [0.29, 0.717) is 17.8 Å². The third-order valence-corrected chi connectivity index (χ3v) is 5.86. The quantitative estimate of drug-likeness (QED) is 0.432. The van der Waals surface area contributed by atoms with E-state index in [1.165, 1.54) is 22.8 Å². The number of hydrogen-bond acceptors (Lipinski definition) is 6. The number of hydrogen-bond donors (Lipinski definition) is 2. The predicted molar refractivity (Wildman–Crippen MR) is 109 cm³/mol. The van der Waals surface area contributed by atoms with E-state index in [0.717, 1.165) is 11.1 Å². The van der Waals surface area contributed by atoms with Crippen LogP contribution in [0.4, 0.5) is 13.2 Å². The average molecular weight is 454 g/mol. The van der Waals surface area contributed by atoms with Gasteiger partial charge in [0, 0.05) is 24.2 Å². The van der Waals surface area contributed by atoms with Crippen molar-refractivity contribution >= 4 is 16.6 Å². The Morgan fingerprint density at radius 1 is 1.15 bits per heavy atom. The van der Waals surface area contributed by atoms with Gasteiger partial charge in [0.1, 0.15) is 0 Å². The Kier molecular flexibility index (Phi) is 3.92. The van der Waals surface area contributed by atoms with Crippen molar-refractivity contribution in [1.82, 2.24) is 29.7 Å². The van der Waals surface area contributed by atoms with E-state index >= 15 is 0 Å². The first-order valence-electron chi connectivity index (χ1n) is 9.93. The fourth-order valence-electron chi connectivity index (χ4n) is 4.24. The summed E-state index contributed by atoms with van der Waals surface area (Å²) in [5.74, 6) is -0.0832. The van der Waals surface area contributed by atoms with Crippen LogP contribution in [-0.2, 0) is 6.18 Å². The van der Waals surface area contributed by atoms with Crippen molar-refractivity contribution in [2.45, 2.75) is 24.4 Å². The highest BCUT2D eigenvalue weighted by Gasteiger charge is 2.43. The number of alkyl halides is 3. The molecule has 12 heteroatoms. The first-order valence-corrected chi connectivity index (χ1v) is 9.93. The van der Waals surface area contributed by atoms with E-state index in [4.69, 9.17) is 4.52 Å². The molecule has 5 aromatic rings. The summed E-state index contributed by atoms with van der Waals surface area (Å²) < 4.78 is 46.1. The number of nitrogens with one attached hydrogen (secondary N) is 2. The monoisotopic (exact) mass is 454 g/mol. The second kappa shape index (κ2) is 6.64. The van der Waals surface area contributed by atoms with Gasteiger partial charge in [-0.05, 0) is 42.0 Å². The lowest BCUT2D eigenvalue weighted by atomic mass is 10.0. The van der Waals surface area contributed by atoms with E-state index in [-0.39, 0.29) is 28.4 Å². The van der Waals surface area contributed by atoms with Gasteiger partial charge in [-0.25, -0.2) is 14.3 Å². The average Bonchev–Trinajstić information content (AvgIpc) is 3.20. The van der Waals surface area contributed by atoms with Gasteiger partial charge in [-0.15, -0.1) is 0 Å². The second-order valence-corrected chi connectivity index (χ2v) is 7.90. The van der Waals surface area contributed by atoms with Crippen molar-refractivity contribution in [1.29, 1.82) is 0 Å². The normalized spacial score (nSPS) is 18.3. The van der Waals surface area contributed by atoms with Crippen LogP contribution in [0.5, 0.6) is 0 Å². The molecule has 1 saturated carbocycles. The SMILES string of the molecule is O=c1[nH]cc(-c2cc(C3C[C@@H]3c3ccc4onc(C(F)(F)F)c4c3)c3nccn3n2)c(=O)[nH]1. The lowest BCUT2D eigenvalue weighted by Crippen LogP contribution is -2.23. The maximum atomic E-state index is 13.3. The molecule has 1 unspecified atom stereocenters. The highest BCUT2D eigenvalue weighted by Crippen LogP contribution is 2.56. The highest BCUT2D eigenvalue weighted by atomic mass is 19.4. The molecule has 1 aromatic carbocycles. The molecule has 6 rings (SSSR count). The molecule has 4 aromatic heterocycles. The molecule has 1 aliphatic rings. The summed E-state index contributed by atoms with van der Waals surface area (Å²) in [6.07, 6.45) is 0.574. The summed E-state index contributed by atoms with van der Waals surface area (Å²) in [7, 11) is 0. The van der Waals surface area contributed by atoms with E-state index < -0.39 is 23.1 Å². The molecule has 2 atom stereocenters. The van der Waals surface area contributed by atoms with Crippen LogP contribution in [0.1, 0.15) is 35.1 Å². The molecule has 0 radical (unpaired) electrons. The van der Waals surface area contributed by atoms with Crippen LogP contribution >= 0.6 is 0 Å². The smallest absolute Gasteiger partial charge is 0.356 e. The van der Waals surface area contributed by atoms with E-state index in [9.17, 15) is 22.8 Å². The van der Waals surface area contributed by atoms with Crippen molar-refractivity contribution in [3.8, 4) is 11.3 Å². The van der Waals surface area contributed by atoms with Crippen molar-refractivity contribution in [2.75, 3.05) is 0 Å². The Morgan fingerprint density at radius 2 is 2.00 bits per heavy atom. The largest absolute Gasteiger partial charge is 0.437 e. The maximum Gasteiger partial charge on any atom is 0.437 e. The van der Waals surface area contributed by atoms with Gasteiger partial charge in [0.2, 0.25) is 0 Å². The van der Waals surface area contributed by atoms with Gasteiger partial charge in [0.25, 0.3) is 5.56 Å². The zero-order valence-corrected chi connectivity index (χ0v) is 16.6. The molecule has 1 fully saturated rings. The van der Waals surface area contributed by atoms with Gasteiger partial charge in [0.15, 0.2) is 16.9 Å². The summed E-state index contributed by atoms with van der Waals surface area (Å²) in [5.41, 5.74) is 0.469. The van der Waals surface area contributed by atoms with Gasteiger partial charge in [-0.3, -0.25) is 9.78 Å². The molecular weight excluding hydrogens is 441 g/mol. The maximum absolute atomic E-state index is 13.3. The third-order valence-electron chi connectivity index (χ3n) is 5.86. The molecule has 0 aliphatic heterocycles. The standard InChI is InChI=1S/C21H13F3N6O3/c22-21(23,24)17-13-5-9(1-2-16(13)33-29-17)10-6-11(10)12-7-15(28-30-4-3-25-18(12)30)14-8-26-20(32)27-19(14)31/h1-5,7-8,10-11H,6H2,(H2,26,27,31,32)/t10-,11?/m1/s1. The van der Waals surface area contributed by atoms with Crippen molar-refractivity contribution < 1.29 is 17.7 Å². The first kappa shape index (κ1) is 19.5. The van der Waals surface area contributed by atoms with Gasteiger partial charge in [0.05, 0.1) is 16.6 Å². The van der Waals surface area contributed by atoms with Crippen molar-refractivity contribution in [2.24, 2.45) is 0 Å². The van der Waals surface area contributed by atoms with Crippen molar-refractivity contribution in [3.63, 3.8) is 0 Å². The molecular formula is C21H13F3N6O3. The number of benzene rings is 1. The van der Waals surface area contributed by atoms with Crippen LogP contribution in [0, 0.1) is 0 Å². The molecule has 2 N–H and O–H groups in total. The minimum absolute atomic E-state index is 0.0369. The minimum Gasteiger partial charge on any atom is -0.356 e. The topological polar surface area (TPSA) is 122 Å². The van der Waals surface area contributed by atoms with Crippen molar-refractivity contribution in [3.05, 3.63) is 80.5 Å². The molecule has 4 heterocycles. The predicted octanol–water partition coefficient (Wildman–Crippen LogP) is 3.20. The van der Waals surface area contributed by atoms with Gasteiger partial charge >= 0.3 is 11.9 Å². The van der Waals surface area contributed by atoms with Crippen LogP contribution in [0.25, 0.3) is 27.9 Å². The minimum atomic E-state index is -4.61. The number of H-pyrrole nitrogens is 2. The Labute approximate surface area is 180 Å². The van der Waals surface area contributed by atoms with Crippen LogP contribution in [0.15, 0.2) is 57.0 Å². The van der Waals surface area contributed by atoms with Crippen LogP contribution in [-0.4, -0.2) is 29.7 Å². The van der Waals surface area contributed by atoms with Crippen LogP contribution in [0.3, 0.4) is 0 Å². The number of imidazole rings is 1. The Morgan fingerprint density at radius 3 is 2.79 bits per heavy atom. The fourth-order valence-corrected chi connectivity index (χ4v) is 4.24. The molecule has 0 amide bonds. The number of aromatic nitrogens is 6. The number of fused-ring (bicyclic) bond motifs is 2. The molecule has 0 spiro atoms. The number of aromatic amines is 2. The number of rotatable bonds is 3. The summed E-state index contributed by atoms with van der Waals surface area (Å²) in [5, 5.41) is 7.51. The molecule has 0 saturated heterocycles. The summed E-state index contributed by atoms with van der Waals surface area (Å²) in [6, 6.07) is 6.42. The second-order valence-electron chi connectivity index (χ2n) is 7.90. The van der Waals surface area contributed by atoms with Gasteiger partial charge in [-0.1, -0.05) is 11.2 Å². The Bertz CT molecular complexity index is 1660. The van der Waals surface area contributed by atoms with Gasteiger partial charge in [-0.2, -0.15) is 18.3 Å². The summed E-state index contributed by atoms with van der Waals surface area (Å²) in [6.45, 7) is 0. The Hall–Kier alpha value is -4.22. The fraction of sp³-hybridized carbons (Fsp3) is 0.190. The van der Waals surface area contributed by atoms with E-state index in [2.05, 4.69) is 25.2 Å². The summed E-state index contributed by atoms with van der Waals surface area (Å²) in [4.78, 5) is 32.6. The van der Waals surface area contributed by atoms with Gasteiger partial charge < -0.3 is 9.51 Å². The molecule has 0 bridgehead atoms. The van der Waals surface area contributed by atoms with E-state index in [1.807, 2.05) is 0 Å². The van der Waals surface area contributed by atoms with Crippen LogP contribution < -0.4 is 11.2 Å². The molecule has 1 aliphatic carbocycles. The third kappa shape index (κ3) is 3.13. The zero-order chi connectivity index (χ0) is 22.9.